The molecule has 2 N–H and O–H groups in total. The zero-order valence-corrected chi connectivity index (χ0v) is 15.6. The van der Waals surface area contributed by atoms with E-state index in [4.69, 9.17) is 0 Å². The number of hydrogen-bond acceptors (Lipinski definition) is 3. The van der Waals surface area contributed by atoms with Gasteiger partial charge in [0.25, 0.3) is 0 Å². The monoisotopic (exact) mass is 376 g/mol. The van der Waals surface area contributed by atoms with Gasteiger partial charge in [-0.1, -0.05) is 18.2 Å². The van der Waals surface area contributed by atoms with Crippen molar-refractivity contribution >= 4 is 17.8 Å². The number of aromatic amines is 1. The summed E-state index contributed by atoms with van der Waals surface area (Å²) in [6.45, 7) is 2.15. The molecule has 1 fully saturated rings. The lowest BCUT2D eigenvalue weighted by molar-refractivity contribution is 0.178. The van der Waals surface area contributed by atoms with Gasteiger partial charge in [-0.3, -0.25) is 0 Å². The SMILES string of the molecule is O=C(NCCCSCc1ccccc1F)N1CCC[C@@H](c2ncc[nH]2)C1. The Bertz CT molecular complexity index is 695. The van der Waals surface area contributed by atoms with E-state index < -0.39 is 0 Å². The van der Waals surface area contributed by atoms with Crippen molar-refractivity contribution in [3.8, 4) is 0 Å². The maximum Gasteiger partial charge on any atom is 0.317 e. The molecule has 1 aromatic carbocycles. The van der Waals surface area contributed by atoms with Gasteiger partial charge in [0.1, 0.15) is 11.6 Å². The minimum atomic E-state index is -0.149. The van der Waals surface area contributed by atoms with E-state index in [1.807, 2.05) is 23.2 Å². The minimum Gasteiger partial charge on any atom is -0.348 e. The minimum absolute atomic E-state index is 0.000333. The number of likely N-dealkylation sites (tertiary alicyclic amines) is 1. The van der Waals surface area contributed by atoms with Crippen molar-refractivity contribution < 1.29 is 9.18 Å². The van der Waals surface area contributed by atoms with E-state index in [1.54, 1.807) is 24.0 Å². The molecule has 1 atom stereocenters. The summed E-state index contributed by atoms with van der Waals surface area (Å²) in [5.41, 5.74) is 0.735. The molecule has 26 heavy (non-hydrogen) atoms. The number of imidazole rings is 1. The zero-order chi connectivity index (χ0) is 18.2. The number of amides is 2. The topological polar surface area (TPSA) is 61.0 Å². The summed E-state index contributed by atoms with van der Waals surface area (Å²) in [7, 11) is 0. The number of thioether (sulfide) groups is 1. The summed E-state index contributed by atoms with van der Waals surface area (Å²) in [5, 5.41) is 3.00. The van der Waals surface area contributed by atoms with Crippen LogP contribution in [0.15, 0.2) is 36.7 Å². The van der Waals surface area contributed by atoms with Crippen LogP contribution >= 0.6 is 11.8 Å². The normalized spacial score (nSPS) is 17.3. The highest BCUT2D eigenvalue weighted by atomic mass is 32.2. The van der Waals surface area contributed by atoms with Gasteiger partial charge in [-0.05, 0) is 36.6 Å². The summed E-state index contributed by atoms with van der Waals surface area (Å²) in [6.07, 6.45) is 6.52. The first kappa shape index (κ1) is 18.8. The van der Waals surface area contributed by atoms with Crippen molar-refractivity contribution in [3.63, 3.8) is 0 Å². The third-order valence-corrected chi connectivity index (χ3v) is 5.66. The lowest BCUT2D eigenvalue weighted by Crippen LogP contribution is -2.45. The summed E-state index contributed by atoms with van der Waals surface area (Å²) < 4.78 is 13.5. The van der Waals surface area contributed by atoms with Crippen LogP contribution in [0.5, 0.6) is 0 Å². The summed E-state index contributed by atoms with van der Waals surface area (Å²) in [6, 6.07) is 6.87. The fourth-order valence-electron chi connectivity index (χ4n) is 3.16. The molecule has 0 unspecified atom stereocenters. The first-order valence-electron chi connectivity index (χ1n) is 9.07. The summed E-state index contributed by atoms with van der Waals surface area (Å²) in [4.78, 5) is 21.7. The summed E-state index contributed by atoms with van der Waals surface area (Å²) in [5.74, 6) is 2.67. The van der Waals surface area contributed by atoms with Crippen LogP contribution < -0.4 is 5.32 Å². The number of halogens is 1. The Hall–Kier alpha value is -2.02. The largest absolute Gasteiger partial charge is 0.348 e. The molecule has 0 bridgehead atoms. The molecule has 0 radical (unpaired) electrons. The molecule has 1 saturated heterocycles. The van der Waals surface area contributed by atoms with Gasteiger partial charge in [0.05, 0.1) is 0 Å². The molecular formula is C19H25FN4OS. The average Bonchev–Trinajstić information content (AvgIpc) is 3.20. The lowest BCUT2D eigenvalue weighted by atomic mass is 9.98. The highest BCUT2D eigenvalue weighted by Gasteiger charge is 2.25. The number of aromatic nitrogens is 2. The number of H-pyrrole nitrogens is 1. The number of carbonyl (C=O) groups excluding carboxylic acids is 1. The maximum absolute atomic E-state index is 13.5. The number of nitrogens with zero attached hydrogens (tertiary/aromatic N) is 2. The van der Waals surface area contributed by atoms with Gasteiger partial charge in [-0.25, -0.2) is 14.2 Å². The van der Waals surface area contributed by atoms with E-state index in [1.165, 1.54) is 6.07 Å². The molecule has 0 saturated carbocycles. The van der Waals surface area contributed by atoms with Crippen LogP contribution in [0.1, 0.15) is 36.6 Å². The van der Waals surface area contributed by atoms with Crippen LogP contribution in [0.25, 0.3) is 0 Å². The van der Waals surface area contributed by atoms with Crippen molar-refractivity contribution in [1.82, 2.24) is 20.2 Å². The molecule has 1 aromatic heterocycles. The number of benzene rings is 1. The van der Waals surface area contributed by atoms with Crippen LogP contribution in [0.4, 0.5) is 9.18 Å². The van der Waals surface area contributed by atoms with Crippen molar-refractivity contribution in [1.29, 1.82) is 0 Å². The van der Waals surface area contributed by atoms with Crippen molar-refractivity contribution in [3.05, 3.63) is 53.9 Å². The van der Waals surface area contributed by atoms with Crippen LogP contribution in [0.2, 0.25) is 0 Å². The number of rotatable bonds is 7. The lowest BCUT2D eigenvalue weighted by Gasteiger charge is -2.31. The second kappa shape index (κ2) is 9.62. The Morgan fingerprint density at radius 1 is 1.42 bits per heavy atom. The number of piperidine rings is 1. The van der Waals surface area contributed by atoms with Gasteiger partial charge in [0.2, 0.25) is 0 Å². The van der Waals surface area contributed by atoms with Crippen molar-refractivity contribution in [2.75, 3.05) is 25.4 Å². The Labute approximate surface area is 157 Å². The predicted octanol–water partition coefficient (Wildman–Crippen LogP) is 3.76. The van der Waals surface area contributed by atoms with Gasteiger partial charge < -0.3 is 15.2 Å². The molecule has 2 amide bonds. The van der Waals surface area contributed by atoms with E-state index in [0.717, 1.165) is 42.9 Å². The van der Waals surface area contributed by atoms with E-state index in [9.17, 15) is 9.18 Å². The van der Waals surface area contributed by atoms with Crippen LogP contribution in [0, 0.1) is 5.82 Å². The highest BCUT2D eigenvalue weighted by molar-refractivity contribution is 7.98. The maximum atomic E-state index is 13.5. The van der Waals surface area contributed by atoms with E-state index in [-0.39, 0.29) is 11.8 Å². The van der Waals surface area contributed by atoms with Crippen LogP contribution in [-0.4, -0.2) is 46.3 Å². The zero-order valence-electron chi connectivity index (χ0n) is 14.8. The molecule has 7 heteroatoms. The Morgan fingerprint density at radius 3 is 3.12 bits per heavy atom. The third kappa shape index (κ3) is 5.24. The quantitative estimate of drug-likeness (QED) is 0.723. The van der Waals surface area contributed by atoms with E-state index >= 15 is 0 Å². The molecular weight excluding hydrogens is 351 g/mol. The molecule has 140 valence electrons. The van der Waals surface area contributed by atoms with E-state index in [0.29, 0.717) is 24.8 Å². The average molecular weight is 377 g/mol. The first-order valence-corrected chi connectivity index (χ1v) is 10.2. The Balaban J connectivity index is 1.32. The molecule has 2 aromatic rings. The highest BCUT2D eigenvalue weighted by Crippen LogP contribution is 2.24. The fourth-order valence-corrected chi connectivity index (χ4v) is 4.11. The van der Waals surface area contributed by atoms with Crippen LogP contribution in [-0.2, 0) is 5.75 Å². The predicted molar refractivity (Wildman–Crippen MR) is 103 cm³/mol. The smallest absolute Gasteiger partial charge is 0.317 e. The van der Waals surface area contributed by atoms with Gasteiger partial charge in [-0.15, -0.1) is 0 Å². The second-order valence-electron chi connectivity index (χ2n) is 6.49. The Morgan fingerprint density at radius 2 is 2.31 bits per heavy atom. The van der Waals surface area contributed by atoms with E-state index in [2.05, 4.69) is 15.3 Å². The standard InChI is InChI=1S/C19H25FN4OS/c20-17-7-2-1-5-16(17)14-26-12-4-8-23-19(25)24-11-3-6-15(13-24)18-21-9-10-22-18/h1-2,5,7,9-10,15H,3-4,6,8,11-14H2,(H,21,22)(H,23,25)/t15-/m1/s1. The number of carbonyl (C=O) groups is 1. The van der Waals surface area contributed by atoms with Gasteiger partial charge in [0.15, 0.2) is 0 Å². The first-order chi connectivity index (χ1) is 12.7. The van der Waals surface area contributed by atoms with Crippen molar-refractivity contribution in [2.45, 2.75) is 30.9 Å². The molecule has 3 rings (SSSR count). The molecule has 1 aliphatic heterocycles. The van der Waals surface area contributed by atoms with Gasteiger partial charge in [-0.2, -0.15) is 11.8 Å². The number of urea groups is 1. The molecule has 0 spiro atoms. The third-order valence-electron chi connectivity index (χ3n) is 4.57. The van der Waals surface area contributed by atoms with Crippen LogP contribution in [0.3, 0.4) is 0 Å². The molecule has 0 aliphatic carbocycles. The van der Waals surface area contributed by atoms with Gasteiger partial charge >= 0.3 is 6.03 Å². The molecule has 5 nitrogen and oxygen atoms in total. The molecule has 1 aliphatic rings. The van der Waals surface area contributed by atoms with Gasteiger partial charge in [0, 0.05) is 43.7 Å². The number of hydrogen-bond donors (Lipinski definition) is 2. The Kier molecular flexibility index (Phi) is 6.94. The molecule has 2 heterocycles. The summed E-state index contributed by atoms with van der Waals surface area (Å²) >= 11 is 1.69. The fraction of sp³-hybridized carbons (Fsp3) is 0.474. The number of nitrogens with one attached hydrogen (secondary N) is 2. The van der Waals surface area contributed by atoms with Crippen molar-refractivity contribution in [2.24, 2.45) is 0 Å². The second-order valence-corrected chi connectivity index (χ2v) is 7.59.